The lowest BCUT2D eigenvalue weighted by atomic mass is 10.1. The van der Waals surface area contributed by atoms with E-state index in [9.17, 15) is 22.8 Å². The summed E-state index contributed by atoms with van der Waals surface area (Å²) in [6, 6.07) is 10.6. The highest BCUT2D eigenvalue weighted by Crippen LogP contribution is 2.38. The number of halogens is 3. The maximum atomic E-state index is 13.9. The van der Waals surface area contributed by atoms with Crippen LogP contribution >= 0.6 is 0 Å². The molecule has 0 spiro atoms. The van der Waals surface area contributed by atoms with Crippen LogP contribution in [0.4, 0.5) is 41.1 Å². The van der Waals surface area contributed by atoms with E-state index in [-0.39, 0.29) is 17.9 Å². The molecular weight excluding hydrogens is 515 g/mol. The predicted octanol–water partition coefficient (Wildman–Crippen LogP) is 4.56. The monoisotopic (exact) mass is 543 g/mol. The van der Waals surface area contributed by atoms with Crippen molar-refractivity contribution in [3.63, 3.8) is 0 Å². The highest BCUT2D eigenvalue weighted by Gasteiger charge is 2.38. The van der Waals surface area contributed by atoms with Gasteiger partial charge in [0.25, 0.3) is 0 Å². The van der Waals surface area contributed by atoms with Gasteiger partial charge in [-0.3, -0.25) is 4.79 Å². The Morgan fingerprint density at radius 1 is 1.13 bits per heavy atom. The molecule has 1 heterocycles. The first-order chi connectivity index (χ1) is 18.5. The summed E-state index contributed by atoms with van der Waals surface area (Å²) in [5.74, 6) is -0.536. The van der Waals surface area contributed by atoms with E-state index in [0.29, 0.717) is 29.7 Å². The number of carbonyl (C=O) groups is 2. The molecule has 1 aromatic heterocycles. The molecule has 3 aromatic rings. The smallest absolute Gasteiger partial charge is 0.421 e. The van der Waals surface area contributed by atoms with Gasteiger partial charge in [0.05, 0.1) is 24.9 Å². The van der Waals surface area contributed by atoms with Crippen molar-refractivity contribution in [1.29, 1.82) is 0 Å². The molecule has 1 aliphatic rings. The Bertz CT molecular complexity index is 1380. The minimum absolute atomic E-state index is 0.111. The molecule has 0 saturated carbocycles. The standard InChI is InChI=1S/C26H28F3N7O3/c1-14(37)31-22-17-8-6-5-7-15(17)11-20(22)33-23-18(26(27,28)29)13-30-24(35-23)34-19-10-9-16(12-21(19)39-4)32-25(38)36(2)3/h5-10,12-13,20,22H,11H2,1-4H3,(H,31,37)(H,32,38)(H2,30,33,34,35)/t20-,22-/m1/s1. The third-order valence-electron chi connectivity index (χ3n) is 6.11. The third kappa shape index (κ3) is 6.30. The van der Waals surface area contributed by atoms with Crippen LogP contribution in [0.15, 0.2) is 48.7 Å². The first-order valence-electron chi connectivity index (χ1n) is 11.9. The maximum absolute atomic E-state index is 13.9. The second kappa shape index (κ2) is 11.1. The highest BCUT2D eigenvalue weighted by atomic mass is 19.4. The van der Waals surface area contributed by atoms with Crippen LogP contribution in [0.2, 0.25) is 0 Å². The summed E-state index contributed by atoms with van der Waals surface area (Å²) in [5.41, 5.74) is 1.53. The molecule has 2 atom stereocenters. The zero-order valence-electron chi connectivity index (χ0n) is 21.7. The van der Waals surface area contributed by atoms with Crippen LogP contribution in [0.5, 0.6) is 5.75 Å². The topological polar surface area (TPSA) is 121 Å². The molecule has 10 nitrogen and oxygen atoms in total. The predicted molar refractivity (Wildman–Crippen MR) is 140 cm³/mol. The molecule has 2 aromatic carbocycles. The summed E-state index contributed by atoms with van der Waals surface area (Å²) < 4.78 is 47.1. The number of amides is 3. The number of aromatic nitrogens is 2. The van der Waals surface area contributed by atoms with Crippen LogP contribution in [0, 0.1) is 0 Å². The number of hydrogen-bond acceptors (Lipinski definition) is 7. The van der Waals surface area contributed by atoms with E-state index in [1.54, 1.807) is 32.3 Å². The molecule has 206 valence electrons. The molecule has 0 fully saturated rings. The summed E-state index contributed by atoms with van der Waals surface area (Å²) >= 11 is 0. The number of benzene rings is 2. The van der Waals surface area contributed by atoms with Gasteiger partial charge in [-0.1, -0.05) is 24.3 Å². The van der Waals surface area contributed by atoms with Crippen molar-refractivity contribution >= 4 is 35.1 Å². The second-order valence-electron chi connectivity index (χ2n) is 9.15. The molecule has 0 bridgehead atoms. The zero-order valence-corrected chi connectivity index (χ0v) is 21.7. The Morgan fingerprint density at radius 3 is 2.54 bits per heavy atom. The van der Waals surface area contributed by atoms with Gasteiger partial charge < -0.3 is 30.9 Å². The lowest BCUT2D eigenvalue weighted by molar-refractivity contribution is -0.137. The van der Waals surface area contributed by atoms with Gasteiger partial charge >= 0.3 is 12.2 Å². The summed E-state index contributed by atoms with van der Waals surface area (Å²) in [5, 5.41) is 11.3. The maximum Gasteiger partial charge on any atom is 0.421 e. The van der Waals surface area contributed by atoms with Crippen LogP contribution in [0.25, 0.3) is 0 Å². The number of carbonyl (C=O) groups excluding carboxylic acids is 2. The fraction of sp³-hybridized carbons (Fsp3) is 0.308. The number of rotatable bonds is 7. The Kier molecular flexibility index (Phi) is 7.79. The van der Waals surface area contributed by atoms with Crippen LogP contribution in [-0.4, -0.2) is 54.1 Å². The first kappa shape index (κ1) is 27.5. The normalized spacial score (nSPS) is 16.2. The van der Waals surface area contributed by atoms with Crippen LogP contribution in [0.3, 0.4) is 0 Å². The molecular formula is C26H28F3N7O3. The SMILES string of the molecule is COc1cc(NC(=O)N(C)C)ccc1Nc1ncc(C(F)(F)F)c(N[C@@H]2Cc3ccccc3[C@H]2NC(C)=O)n1. The van der Waals surface area contributed by atoms with Crippen molar-refractivity contribution in [2.75, 3.05) is 37.2 Å². The van der Waals surface area contributed by atoms with Crippen molar-refractivity contribution in [2.24, 2.45) is 0 Å². The summed E-state index contributed by atoms with van der Waals surface area (Å²) in [6.45, 7) is 1.36. The molecule has 0 unspecified atom stereocenters. The van der Waals surface area contributed by atoms with E-state index in [0.717, 1.165) is 11.1 Å². The highest BCUT2D eigenvalue weighted by molar-refractivity contribution is 5.89. The van der Waals surface area contributed by atoms with Gasteiger partial charge in [0, 0.05) is 39.0 Å². The van der Waals surface area contributed by atoms with Gasteiger partial charge in [-0.05, 0) is 29.7 Å². The third-order valence-corrected chi connectivity index (χ3v) is 6.11. The lowest BCUT2D eigenvalue weighted by Crippen LogP contribution is -2.37. The summed E-state index contributed by atoms with van der Waals surface area (Å²) in [6.07, 6.45) is -3.63. The van der Waals surface area contributed by atoms with Crippen molar-refractivity contribution in [2.45, 2.75) is 31.6 Å². The molecule has 4 N–H and O–H groups in total. The van der Waals surface area contributed by atoms with Crippen molar-refractivity contribution in [3.05, 3.63) is 65.4 Å². The zero-order chi connectivity index (χ0) is 28.3. The van der Waals surface area contributed by atoms with Gasteiger partial charge in [-0.25, -0.2) is 9.78 Å². The Morgan fingerprint density at radius 2 is 1.87 bits per heavy atom. The minimum atomic E-state index is -4.72. The molecule has 3 amide bonds. The van der Waals surface area contributed by atoms with Crippen LogP contribution < -0.4 is 26.0 Å². The molecule has 39 heavy (non-hydrogen) atoms. The number of hydrogen-bond donors (Lipinski definition) is 4. The number of nitrogens with one attached hydrogen (secondary N) is 4. The molecule has 0 saturated heterocycles. The number of alkyl halides is 3. The van der Waals surface area contributed by atoms with E-state index < -0.39 is 29.6 Å². The number of anilines is 4. The van der Waals surface area contributed by atoms with Gasteiger partial charge in [0.1, 0.15) is 17.1 Å². The van der Waals surface area contributed by atoms with E-state index in [1.165, 1.54) is 18.9 Å². The number of fused-ring (bicyclic) bond motifs is 1. The van der Waals surface area contributed by atoms with Crippen molar-refractivity contribution < 1.29 is 27.5 Å². The minimum Gasteiger partial charge on any atom is -0.494 e. The van der Waals surface area contributed by atoms with E-state index in [4.69, 9.17) is 4.74 Å². The number of nitrogens with zero attached hydrogens (tertiary/aromatic N) is 3. The molecule has 1 aliphatic carbocycles. The lowest BCUT2D eigenvalue weighted by Gasteiger charge is -2.25. The summed E-state index contributed by atoms with van der Waals surface area (Å²) in [4.78, 5) is 33.2. The molecule has 13 heteroatoms. The quantitative estimate of drug-likeness (QED) is 0.345. The van der Waals surface area contributed by atoms with Crippen molar-refractivity contribution in [3.8, 4) is 5.75 Å². The average molecular weight is 544 g/mol. The molecule has 0 aliphatic heterocycles. The second-order valence-corrected chi connectivity index (χ2v) is 9.15. The van der Waals surface area contributed by atoms with Crippen molar-refractivity contribution in [1.82, 2.24) is 20.2 Å². The average Bonchev–Trinajstić information content (AvgIpc) is 3.20. The fourth-order valence-electron chi connectivity index (χ4n) is 4.29. The molecule has 4 rings (SSSR count). The van der Waals surface area contributed by atoms with Gasteiger partial charge in [0.15, 0.2) is 0 Å². The van der Waals surface area contributed by atoms with E-state index in [2.05, 4.69) is 31.2 Å². The Labute approximate surface area is 223 Å². The Hall–Kier alpha value is -4.55. The first-order valence-corrected chi connectivity index (χ1v) is 11.9. The largest absolute Gasteiger partial charge is 0.494 e. The summed E-state index contributed by atoms with van der Waals surface area (Å²) in [7, 11) is 4.61. The van der Waals surface area contributed by atoms with Crippen LogP contribution in [-0.2, 0) is 17.4 Å². The number of urea groups is 1. The van der Waals surface area contributed by atoms with Crippen LogP contribution in [0.1, 0.15) is 29.7 Å². The number of ether oxygens (including phenoxy) is 1. The van der Waals surface area contributed by atoms with Gasteiger partial charge in [-0.2, -0.15) is 18.2 Å². The van der Waals surface area contributed by atoms with Gasteiger partial charge in [-0.15, -0.1) is 0 Å². The van der Waals surface area contributed by atoms with Gasteiger partial charge in [0.2, 0.25) is 11.9 Å². The van der Waals surface area contributed by atoms with E-state index >= 15 is 0 Å². The Balaban J connectivity index is 1.63. The fourth-order valence-corrected chi connectivity index (χ4v) is 4.29. The van der Waals surface area contributed by atoms with E-state index in [1.807, 2.05) is 24.3 Å². The number of methoxy groups -OCH3 is 1. The molecule has 0 radical (unpaired) electrons.